The molecular formula is C15H24N2O. The number of rotatable bonds is 5. The maximum atomic E-state index is 11.8. The third kappa shape index (κ3) is 4.40. The second kappa shape index (κ2) is 7.04. The predicted octanol–water partition coefficient (Wildman–Crippen LogP) is 3.98. The van der Waals surface area contributed by atoms with E-state index in [2.05, 4.69) is 44.4 Å². The lowest BCUT2D eigenvalue weighted by atomic mass is 9.97. The van der Waals surface area contributed by atoms with Crippen LogP contribution in [-0.4, -0.2) is 12.6 Å². The number of carbonyl (C=O) groups is 1. The highest BCUT2D eigenvalue weighted by Gasteiger charge is 2.10. The standard InChI is InChI=1S/C15H24N2O/c1-5-12(4)13-8-6-7-9-14(13)17-15(18)16-10-11(2)3/h6-9,11-12H,5,10H2,1-4H3,(H2,16,17,18). The number of hydrogen-bond donors (Lipinski definition) is 2. The van der Waals surface area contributed by atoms with Crippen molar-refractivity contribution in [2.75, 3.05) is 11.9 Å². The molecule has 3 nitrogen and oxygen atoms in total. The molecule has 0 saturated carbocycles. The molecule has 0 saturated heterocycles. The van der Waals surface area contributed by atoms with Crippen molar-refractivity contribution in [3.05, 3.63) is 29.8 Å². The molecule has 0 radical (unpaired) electrons. The first-order valence-corrected chi connectivity index (χ1v) is 6.68. The molecule has 2 N–H and O–H groups in total. The molecule has 2 amide bonds. The highest BCUT2D eigenvalue weighted by Crippen LogP contribution is 2.26. The molecule has 0 bridgehead atoms. The Labute approximate surface area is 110 Å². The van der Waals surface area contributed by atoms with Crippen LogP contribution in [0.5, 0.6) is 0 Å². The molecule has 0 spiro atoms. The maximum Gasteiger partial charge on any atom is 0.319 e. The average Bonchev–Trinajstić information content (AvgIpc) is 2.36. The smallest absolute Gasteiger partial charge is 0.319 e. The van der Waals surface area contributed by atoms with Gasteiger partial charge in [0.1, 0.15) is 0 Å². The van der Waals surface area contributed by atoms with Crippen molar-refractivity contribution in [1.29, 1.82) is 0 Å². The molecule has 0 aromatic heterocycles. The molecule has 100 valence electrons. The van der Waals surface area contributed by atoms with Gasteiger partial charge in [-0.25, -0.2) is 4.79 Å². The normalized spacial score (nSPS) is 12.3. The molecule has 18 heavy (non-hydrogen) atoms. The van der Waals surface area contributed by atoms with Crippen LogP contribution in [-0.2, 0) is 0 Å². The molecule has 0 aliphatic heterocycles. The van der Waals surface area contributed by atoms with Gasteiger partial charge in [-0.3, -0.25) is 0 Å². The van der Waals surface area contributed by atoms with Crippen LogP contribution >= 0.6 is 0 Å². The minimum atomic E-state index is -0.126. The number of nitrogens with one attached hydrogen (secondary N) is 2. The molecule has 1 unspecified atom stereocenters. The van der Waals surface area contributed by atoms with Crippen molar-refractivity contribution in [3.8, 4) is 0 Å². The number of amides is 2. The van der Waals surface area contributed by atoms with Crippen molar-refractivity contribution < 1.29 is 4.79 Å². The summed E-state index contributed by atoms with van der Waals surface area (Å²) in [7, 11) is 0. The van der Waals surface area contributed by atoms with Crippen molar-refractivity contribution in [3.63, 3.8) is 0 Å². The zero-order valence-electron chi connectivity index (χ0n) is 11.8. The van der Waals surface area contributed by atoms with Gasteiger partial charge in [0.05, 0.1) is 0 Å². The SMILES string of the molecule is CCC(C)c1ccccc1NC(=O)NCC(C)C. The van der Waals surface area contributed by atoms with E-state index in [0.29, 0.717) is 18.4 Å². The van der Waals surface area contributed by atoms with Crippen LogP contribution in [0.1, 0.15) is 45.6 Å². The number of anilines is 1. The molecule has 3 heteroatoms. The summed E-state index contributed by atoms with van der Waals surface area (Å²) in [6.07, 6.45) is 1.06. The third-order valence-corrected chi connectivity index (χ3v) is 3.02. The molecule has 1 rings (SSSR count). The summed E-state index contributed by atoms with van der Waals surface area (Å²) in [5.41, 5.74) is 2.10. The van der Waals surface area contributed by atoms with Gasteiger partial charge in [-0.05, 0) is 29.9 Å². The molecule has 0 aliphatic carbocycles. The Hall–Kier alpha value is -1.51. The van der Waals surface area contributed by atoms with Crippen molar-refractivity contribution >= 4 is 11.7 Å². The number of para-hydroxylation sites is 1. The zero-order chi connectivity index (χ0) is 13.5. The van der Waals surface area contributed by atoms with Crippen LogP contribution in [0, 0.1) is 5.92 Å². The summed E-state index contributed by atoms with van der Waals surface area (Å²) in [5.74, 6) is 0.909. The molecule has 0 fully saturated rings. The Balaban J connectivity index is 2.69. The maximum absolute atomic E-state index is 11.8. The lowest BCUT2D eigenvalue weighted by molar-refractivity contribution is 0.251. The summed E-state index contributed by atoms with van der Waals surface area (Å²) in [4.78, 5) is 11.8. The molecule has 0 heterocycles. The summed E-state index contributed by atoms with van der Waals surface area (Å²) in [5, 5.41) is 5.80. The van der Waals surface area contributed by atoms with Gasteiger partial charge >= 0.3 is 6.03 Å². The second-order valence-electron chi connectivity index (χ2n) is 5.13. The van der Waals surface area contributed by atoms with Gasteiger partial charge in [-0.1, -0.05) is 45.9 Å². The Bertz CT molecular complexity index is 388. The van der Waals surface area contributed by atoms with Crippen LogP contribution in [0.4, 0.5) is 10.5 Å². The van der Waals surface area contributed by atoms with E-state index in [0.717, 1.165) is 12.1 Å². The van der Waals surface area contributed by atoms with E-state index in [-0.39, 0.29) is 6.03 Å². The predicted molar refractivity (Wildman–Crippen MR) is 77.0 cm³/mol. The van der Waals surface area contributed by atoms with Crippen molar-refractivity contribution in [2.45, 2.75) is 40.0 Å². The summed E-state index contributed by atoms with van der Waals surface area (Å²) >= 11 is 0. The van der Waals surface area contributed by atoms with E-state index < -0.39 is 0 Å². The highest BCUT2D eigenvalue weighted by molar-refractivity contribution is 5.90. The van der Waals surface area contributed by atoms with E-state index in [9.17, 15) is 4.79 Å². The highest BCUT2D eigenvalue weighted by atomic mass is 16.2. The Morgan fingerprint density at radius 3 is 2.50 bits per heavy atom. The second-order valence-corrected chi connectivity index (χ2v) is 5.13. The topological polar surface area (TPSA) is 41.1 Å². The quantitative estimate of drug-likeness (QED) is 0.813. The Morgan fingerprint density at radius 1 is 1.22 bits per heavy atom. The fourth-order valence-corrected chi connectivity index (χ4v) is 1.72. The lowest BCUT2D eigenvalue weighted by Crippen LogP contribution is -2.32. The number of carbonyl (C=O) groups excluding carboxylic acids is 1. The van der Waals surface area contributed by atoms with Crippen molar-refractivity contribution in [1.82, 2.24) is 5.32 Å². The average molecular weight is 248 g/mol. The first kappa shape index (κ1) is 14.6. The van der Waals surface area contributed by atoms with E-state index >= 15 is 0 Å². The largest absolute Gasteiger partial charge is 0.338 e. The monoisotopic (exact) mass is 248 g/mol. The van der Waals surface area contributed by atoms with Gasteiger partial charge in [-0.15, -0.1) is 0 Å². The fraction of sp³-hybridized carbons (Fsp3) is 0.533. The van der Waals surface area contributed by atoms with Gasteiger partial charge < -0.3 is 10.6 Å². The van der Waals surface area contributed by atoms with Crippen LogP contribution in [0.25, 0.3) is 0 Å². The van der Waals surface area contributed by atoms with Gasteiger partial charge in [0.2, 0.25) is 0 Å². The summed E-state index contributed by atoms with van der Waals surface area (Å²) in [6.45, 7) is 9.17. The first-order valence-electron chi connectivity index (χ1n) is 6.68. The Kier molecular flexibility index (Phi) is 5.69. The van der Waals surface area contributed by atoms with E-state index in [4.69, 9.17) is 0 Å². The minimum Gasteiger partial charge on any atom is -0.338 e. The summed E-state index contributed by atoms with van der Waals surface area (Å²) in [6, 6.07) is 7.87. The number of urea groups is 1. The molecule has 1 aromatic rings. The van der Waals surface area contributed by atoms with Crippen LogP contribution in [0.15, 0.2) is 24.3 Å². The van der Waals surface area contributed by atoms with Crippen LogP contribution < -0.4 is 10.6 Å². The number of hydrogen-bond acceptors (Lipinski definition) is 1. The van der Waals surface area contributed by atoms with Gasteiger partial charge in [0.15, 0.2) is 0 Å². The third-order valence-electron chi connectivity index (χ3n) is 3.02. The minimum absolute atomic E-state index is 0.126. The summed E-state index contributed by atoms with van der Waals surface area (Å²) < 4.78 is 0. The molecule has 1 aromatic carbocycles. The van der Waals surface area contributed by atoms with Crippen molar-refractivity contribution in [2.24, 2.45) is 5.92 Å². The van der Waals surface area contributed by atoms with Gasteiger partial charge in [0.25, 0.3) is 0 Å². The fourth-order valence-electron chi connectivity index (χ4n) is 1.72. The first-order chi connectivity index (χ1) is 8.54. The van der Waals surface area contributed by atoms with Gasteiger partial charge in [0, 0.05) is 12.2 Å². The van der Waals surface area contributed by atoms with Crippen LogP contribution in [0.3, 0.4) is 0 Å². The Morgan fingerprint density at radius 2 is 1.89 bits per heavy atom. The van der Waals surface area contributed by atoms with Crippen LogP contribution in [0.2, 0.25) is 0 Å². The molecular weight excluding hydrogens is 224 g/mol. The molecule has 1 atom stereocenters. The lowest BCUT2D eigenvalue weighted by Gasteiger charge is -2.16. The van der Waals surface area contributed by atoms with Gasteiger partial charge in [-0.2, -0.15) is 0 Å². The van der Waals surface area contributed by atoms with E-state index in [1.807, 2.05) is 18.2 Å². The van der Waals surface area contributed by atoms with E-state index in [1.54, 1.807) is 0 Å². The zero-order valence-corrected chi connectivity index (χ0v) is 11.8. The number of benzene rings is 1. The molecule has 0 aliphatic rings. The van der Waals surface area contributed by atoms with E-state index in [1.165, 1.54) is 5.56 Å².